The van der Waals surface area contributed by atoms with Crippen molar-refractivity contribution in [3.8, 4) is 6.07 Å². The van der Waals surface area contributed by atoms with E-state index in [0.29, 0.717) is 16.7 Å². The molecule has 1 aliphatic carbocycles. The molecule has 4 heteroatoms. The maximum absolute atomic E-state index is 9.49. The summed E-state index contributed by atoms with van der Waals surface area (Å²) in [4.78, 5) is 5.14. The lowest BCUT2D eigenvalue weighted by Crippen LogP contribution is -2.47. The molecule has 1 heterocycles. The SMILES string of the molecule is CCCN1CCN(c2ccc(C#N)cc2C2CC(C)(C)CC(C)(C)C2)CC1.Cl. The van der Waals surface area contributed by atoms with E-state index in [4.69, 9.17) is 0 Å². The van der Waals surface area contributed by atoms with Gasteiger partial charge in [0, 0.05) is 31.9 Å². The summed E-state index contributed by atoms with van der Waals surface area (Å²) in [5.41, 5.74) is 4.31. The molecule has 1 saturated carbocycles. The van der Waals surface area contributed by atoms with Crippen molar-refractivity contribution in [2.75, 3.05) is 37.6 Å². The summed E-state index contributed by atoms with van der Waals surface area (Å²) < 4.78 is 0. The predicted molar refractivity (Wildman–Crippen MR) is 122 cm³/mol. The van der Waals surface area contributed by atoms with Crippen LogP contribution in [0.4, 0.5) is 5.69 Å². The van der Waals surface area contributed by atoms with E-state index in [1.165, 1.54) is 43.5 Å². The number of halogens is 1. The molecule has 1 aliphatic heterocycles. The van der Waals surface area contributed by atoms with Gasteiger partial charge in [0.15, 0.2) is 0 Å². The molecular formula is C24H38ClN3. The Hall–Kier alpha value is -1.24. The summed E-state index contributed by atoms with van der Waals surface area (Å²) in [5, 5.41) is 9.49. The molecule has 0 N–H and O–H groups in total. The van der Waals surface area contributed by atoms with Gasteiger partial charge in [-0.1, -0.05) is 34.6 Å². The zero-order chi connectivity index (χ0) is 19.7. The Morgan fingerprint density at radius 2 is 1.64 bits per heavy atom. The van der Waals surface area contributed by atoms with Gasteiger partial charge in [0.2, 0.25) is 0 Å². The molecule has 3 rings (SSSR count). The third-order valence-corrected chi connectivity index (χ3v) is 6.40. The Morgan fingerprint density at radius 3 is 2.18 bits per heavy atom. The van der Waals surface area contributed by atoms with E-state index in [1.54, 1.807) is 0 Å². The van der Waals surface area contributed by atoms with Gasteiger partial charge in [-0.25, -0.2) is 0 Å². The first kappa shape index (κ1) is 23.0. The van der Waals surface area contributed by atoms with Crippen LogP contribution >= 0.6 is 12.4 Å². The van der Waals surface area contributed by atoms with Gasteiger partial charge < -0.3 is 4.90 Å². The smallest absolute Gasteiger partial charge is 0.0991 e. The molecule has 1 aromatic rings. The second-order valence-electron chi connectivity index (χ2n) is 10.3. The lowest BCUT2D eigenvalue weighted by atomic mass is 9.60. The maximum Gasteiger partial charge on any atom is 0.0991 e. The van der Waals surface area contributed by atoms with Crippen molar-refractivity contribution < 1.29 is 0 Å². The molecule has 0 amide bonds. The van der Waals surface area contributed by atoms with Gasteiger partial charge in [-0.2, -0.15) is 5.26 Å². The molecule has 28 heavy (non-hydrogen) atoms. The second-order valence-corrected chi connectivity index (χ2v) is 10.3. The van der Waals surface area contributed by atoms with Crippen molar-refractivity contribution in [2.24, 2.45) is 10.8 Å². The van der Waals surface area contributed by atoms with Crippen molar-refractivity contribution in [3.63, 3.8) is 0 Å². The molecule has 0 bridgehead atoms. The molecule has 1 aromatic carbocycles. The van der Waals surface area contributed by atoms with E-state index in [9.17, 15) is 5.26 Å². The van der Waals surface area contributed by atoms with Gasteiger partial charge in [0.1, 0.15) is 0 Å². The average Bonchev–Trinajstić information content (AvgIpc) is 2.59. The Labute approximate surface area is 178 Å². The van der Waals surface area contributed by atoms with Crippen LogP contribution in [0.15, 0.2) is 18.2 Å². The molecule has 0 aromatic heterocycles. The van der Waals surface area contributed by atoms with Crippen LogP contribution in [0.25, 0.3) is 0 Å². The highest BCUT2D eigenvalue weighted by Gasteiger charge is 2.40. The molecule has 0 unspecified atom stereocenters. The normalized spacial score (nSPS) is 22.4. The lowest BCUT2D eigenvalue weighted by Gasteiger charge is -2.46. The van der Waals surface area contributed by atoms with Crippen LogP contribution in [0, 0.1) is 22.2 Å². The molecule has 156 valence electrons. The fourth-order valence-corrected chi connectivity index (χ4v) is 5.83. The van der Waals surface area contributed by atoms with E-state index < -0.39 is 0 Å². The lowest BCUT2D eigenvalue weighted by molar-refractivity contribution is 0.0970. The van der Waals surface area contributed by atoms with Gasteiger partial charge in [0.25, 0.3) is 0 Å². The fourth-order valence-electron chi connectivity index (χ4n) is 5.83. The highest BCUT2D eigenvalue weighted by atomic mass is 35.5. The summed E-state index contributed by atoms with van der Waals surface area (Å²) in [6.45, 7) is 17.6. The largest absolute Gasteiger partial charge is 0.369 e. The van der Waals surface area contributed by atoms with Crippen LogP contribution in [0.2, 0.25) is 0 Å². The summed E-state index contributed by atoms with van der Waals surface area (Å²) in [6, 6.07) is 8.80. The van der Waals surface area contributed by atoms with Crippen molar-refractivity contribution in [1.82, 2.24) is 4.90 Å². The Kier molecular flexibility index (Phi) is 7.45. The summed E-state index contributed by atoms with van der Waals surface area (Å²) in [6.07, 6.45) is 4.94. The molecule has 3 nitrogen and oxygen atoms in total. The van der Waals surface area contributed by atoms with E-state index >= 15 is 0 Å². The van der Waals surface area contributed by atoms with E-state index in [-0.39, 0.29) is 12.4 Å². The zero-order valence-electron chi connectivity index (χ0n) is 18.4. The number of nitrogens with zero attached hydrogens (tertiary/aromatic N) is 3. The number of hydrogen-bond donors (Lipinski definition) is 0. The fraction of sp³-hybridized carbons (Fsp3) is 0.708. The first-order chi connectivity index (χ1) is 12.7. The molecule has 2 aliphatic rings. The quantitative estimate of drug-likeness (QED) is 0.633. The molecule has 2 fully saturated rings. The number of rotatable bonds is 4. The van der Waals surface area contributed by atoms with Crippen molar-refractivity contribution in [3.05, 3.63) is 29.3 Å². The average molecular weight is 404 g/mol. The molecular weight excluding hydrogens is 366 g/mol. The van der Waals surface area contributed by atoms with Gasteiger partial charge in [-0.15, -0.1) is 12.4 Å². The predicted octanol–water partition coefficient (Wildman–Crippen LogP) is 5.83. The van der Waals surface area contributed by atoms with E-state index in [2.05, 4.69) is 62.6 Å². The topological polar surface area (TPSA) is 30.3 Å². The standard InChI is InChI=1S/C24H37N3.ClH/c1-6-9-26-10-12-27(13-11-26)22-8-7-19(17-25)14-21(22)20-15-23(2,3)18-24(4,5)16-20;/h7-8,14,20H,6,9-13,15-16,18H2,1-5H3;1H. The number of piperazine rings is 1. The van der Waals surface area contributed by atoms with Crippen LogP contribution < -0.4 is 4.90 Å². The maximum atomic E-state index is 9.49. The second kappa shape index (κ2) is 9.06. The minimum Gasteiger partial charge on any atom is -0.369 e. The number of anilines is 1. The van der Waals surface area contributed by atoms with Gasteiger partial charge in [-0.3, -0.25) is 4.90 Å². The summed E-state index contributed by atoms with van der Waals surface area (Å²) >= 11 is 0. The third kappa shape index (κ3) is 5.43. The zero-order valence-corrected chi connectivity index (χ0v) is 19.2. The molecule has 1 saturated heterocycles. The van der Waals surface area contributed by atoms with E-state index in [1.807, 2.05) is 6.07 Å². The summed E-state index contributed by atoms with van der Waals surface area (Å²) in [7, 11) is 0. The minimum absolute atomic E-state index is 0. The molecule has 0 atom stereocenters. The minimum atomic E-state index is 0. The molecule has 0 radical (unpaired) electrons. The van der Waals surface area contributed by atoms with Gasteiger partial charge in [0.05, 0.1) is 11.6 Å². The summed E-state index contributed by atoms with van der Waals surface area (Å²) in [5.74, 6) is 0.542. The van der Waals surface area contributed by atoms with Crippen LogP contribution in [-0.4, -0.2) is 37.6 Å². The highest BCUT2D eigenvalue weighted by Crippen LogP contribution is 2.53. The number of benzene rings is 1. The van der Waals surface area contributed by atoms with Crippen molar-refractivity contribution in [2.45, 2.75) is 66.2 Å². The van der Waals surface area contributed by atoms with Gasteiger partial charge in [-0.05, 0) is 72.7 Å². The monoisotopic (exact) mass is 403 g/mol. The van der Waals surface area contributed by atoms with Crippen LogP contribution in [0.3, 0.4) is 0 Å². The van der Waals surface area contributed by atoms with Crippen LogP contribution in [0.5, 0.6) is 0 Å². The third-order valence-electron chi connectivity index (χ3n) is 6.40. The molecule has 0 spiro atoms. The first-order valence-corrected chi connectivity index (χ1v) is 10.7. The number of nitriles is 1. The van der Waals surface area contributed by atoms with Crippen molar-refractivity contribution >= 4 is 18.1 Å². The van der Waals surface area contributed by atoms with Gasteiger partial charge >= 0.3 is 0 Å². The Balaban J connectivity index is 0.00000280. The highest BCUT2D eigenvalue weighted by molar-refractivity contribution is 5.85. The Morgan fingerprint density at radius 1 is 1.04 bits per heavy atom. The number of hydrogen-bond acceptors (Lipinski definition) is 3. The Bertz CT molecular complexity index is 680. The first-order valence-electron chi connectivity index (χ1n) is 10.7. The van der Waals surface area contributed by atoms with Crippen LogP contribution in [0.1, 0.15) is 77.3 Å². The van der Waals surface area contributed by atoms with Crippen LogP contribution in [-0.2, 0) is 0 Å². The van der Waals surface area contributed by atoms with Crippen molar-refractivity contribution in [1.29, 1.82) is 5.26 Å². The van der Waals surface area contributed by atoms with E-state index in [0.717, 1.165) is 31.7 Å².